The third-order valence-corrected chi connectivity index (χ3v) is 6.57. The van der Waals surface area contributed by atoms with Crippen molar-refractivity contribution < 1.29 is 9.53 Å². The molecule has 0 radical (unpaired) electrons. The number of benzene rings is 2. The summed E-state index contributed by atoms with van der Waals surface area (Å²) < 4.78 is 5.25. The van der Waals surface area contributed by atoms with E-state index in [0.717, 1.165) is 16.5 Å². The quantitative estimate of drug-likeness (QED) is 0.798. The summed E-state index contributed by atoms with van der Waals surface area (Å²) in [5.74, 6) is 0.805. The number of hydrogen-bond acceptors (Lipinski definition) is 2. The molecule has 0 unspecified atom stereocenters. The van der Waals surface area contributed by atoms with Gasteiger partial charge in [-0.15, -0.1) is 0 Å². The largest absolute Gasteiger partial charge is 0.497 e. The Bertz CT molecular complexity index is 576. The van der Waals surface area contributed by atoms with E-state index in [-0.39, 0.29) is 5.41 Å². The van der Waals surface area contributed by atoms with Crippen molar-refractivity contribution >= 4 is 18.7 Å². The topological polar surface area (TPSA) is 26.3 Å². The van der Waals surface area contributed by atoms with Gasteiger partial charge in [-0.3, -0.25) is 4.79 Å². The molecular formula is C16H18O2Si. The van der Waals surface area contributed by atoms with E-state index in [1.165, 1.54) is 0 Å². The van der Waals surface area contributed by atoms with Gasteiger partial charge in [-0.2, -0.15) is 0 Å². The molecule has 0 heterocycles. The van der Waals surface area contributed by atoms with Crippen LogP contribution in [0.1, 0.15) is 10.4 Å². The molecule has 0 aliphatic rings. The van der Waals surface area contributed by atoms with Crippen molar-refractivity contribution in [3.05, 3.63) is 60.2 Å². The summed E-state index contributed by atoms with van der Waals surface area (Å²) in [7, 11) is -0.545. The van der Waals surface area contributed by atoms with Gasteiger partial charge in [-0.1, -0.05) is 55.6 Å². The van der Waals surface area contributed by atoms with Gasteiger partial charge in [0.1, 0.15) is 11.2 Å². The van der Waals surface area contributed by atoms with Crippen LogP contribution in [0.5, 0.6) is 5.75 Å². The molecule has 0 atom stereocenters. The number of ether oxygens (including phenoxy) is 1. The van der Waals surface area contributed by atoms with Crippen LogP contribution in [-0.2, 0) is 0 Å². The van der Waals surface area contributed by atoms with Crippen LogP contribution in [0.2, 0.25) is 13.1 Å². The van der Waals surface area contributed by atoms with Gasteiger partial charge in [-0.25, -0.2) is 0 Å². The van der Waals surface area contributed by atoms with E-state index in [0.29, 0.717) is 0 Å². The number of hydrogen-bond donors (Lipinski definition) is 0. The first-order valence-electron chi connectivity index (χ1n) is 6.30. The van der Waals surface area contributed by atoms with Crippen molar-refractivity contribution in [2.45, 2.75) is 13.1 Å². The van der Waals surface area contributed by atoms with Gasteiger partial charge in [0, 0.05) is 5.56 Å². The first kappa shape index (κ1) is 13.6. The van der Waals surface area contributed by atoms with E-state index < -0.39 is 8.07 Å². The van der Waals surface area contributed by atoms with Gasteiger partial charge in [-0.05, 0) is 17.3 Å². The first-order valence-corrected chi connectivity index (χ1v) is 9.30. The minimum absolute atomic E-state index is 0.251. The van der Waals surface area contributed by atoms with Crippen molar-refractivity contribution in [2.75, 3.05) is 7.11 Å². The molecule has 2 aromatic rings. The van der Waals surface area contributed by atoms with Crippen LogP contribution in [0.25, 0.3) is 0 Å². The van der Waals surface area contributed by atoms with Gasteiger partial charge >= 0.3 is 0 Å². The average Bonchev–Trinajstić information content (AvgIpc) is 2.47. The molecule has 0 N–H and O–H groups in total. The Morgan fingerprint density at radius 2 is 1.68 bits per heavy atom. The molecule has 0 saturated carbocycles. The molecule has 98 valence electrons. The fourth-order valence-corrected chi connectivity index (χ4v) is 4.26. The van der Waals surface area contributed by atoms with Gasteiger partial charge < -0.3 is 4.74 Å². The minimum atomic E-state index is -2.19. The normalized spacial score (nSPS) is 11.1. The predicted molar refractivity (Wildman–Crippen MR) is 80.9 cm³/mol. The van der Waals surface area contributed by atoms with Crippen molar-refractivity contribution in [1.29, 1.82) is 0 Å². The van der Waals surface area contributed by atoms with Gasteiger partial charge in [0.15, 0.2) is 8.07 Å². The molecule has 3 heteroatoms. The van der Waals surface area contributed by atoms with Crippen molar-refractivity contribution in [1.82, 2.24) is 0 Å². The van der Waals surface area contributed by atoms with E-state index >= 15 is 0 Å². The van der Waals surface area contributed by atoms with E-state index in [1.54, 1.807) is 7.11 Å². The summed E-state index contributed by atoms with van der Waals surface area (Å²) in [6, 6.07) is 17.4. The highest BCUT2D eigenvalue weighted by molar-refractivity contribution is 7.14. The zero-order valence-electron chi connectivity index (χ0n) is 11.5. The maximum atomic E-state index is 12.7. The van der Waals surface area contributed by atoms with Gasteiger partial charge in [0.05, 0.1) is 7.11 Å². The minimum Gasteiger partial charge on any atom is -0.497 e. The lowest BCUT2D eigenvalue weighted by atomic mass is 10.2. The van der Waals surface area contributed by atoms with Gasteiger partial charge in [0.25, 0.3) is 0 Å². The van der Waals surface area contributed by atoms with Crippen LogP contribution >= 0.6 is 0 Å². The highest BCUT2D eigenvalue weighted by Crippen LogP contribution is 2.15. The van der Waals surface area contributed by atoms with Crippen molar-refractivity contribution in [3.8, 4) is 5.75 Å². The van der Waals surface area contributed by atoms with Crippen LogP contribution in [0, 0.1) is 0 Å². The Balaban J connectivity index is 2.38. The van der Waals surface area contributed by atoms with Crippen molar-refractivity contribution in [2.24, 2.45) is 0 Å². The van der Waals surface area contributed by atoms with Gasteiger partial charge in [0.2, 0.25) is 0 Å². The summed E-state index contributed by atoms with van der Waals surface area (Å²) in [4.78, 5) is 12.7. The molecule has 2 nitrogen and oxygen atoms in total. The Hall–Kier alpha value is -1.87. The molecule has 2 rings (SSSR count). The predicted octanol–water partition coefficient (Wildman–Crippen LogP) is 3.03. The molecular weight excluding hydrogens is 252 g/mol. The Morgan fingerprint density at radius 3 is 2.32 bits per heavy atom. The standard InChI is InChI=1S/C16H18O2Si/c1-18-14-10-7-11-15(12-14)19(2,3)16(17)13-8-5-4-6-9-13/h4-12H,1-3H3. The average molecular weight is 270 g/mol. The lowest BCUT2D eigenvalue weighted by Gasteiger charge is -2.21. The third kappa shape index (κ3) is 2.76. The maximum absolute atomic E-state index is 12.7. The van der Waals surface area contributed by atoms with Crippen LogP contribution in [0.4, 0.5) is 0 Å². The molecule has 0 spiro atoms. The number of rotatable bonds is 4. The Morgan fingerprint density at radius 1 is 1.00 bits per heavy atom. The van der Waals surface area contributed by atoms with Crippen LogP contribution < -0.4 is 9.92 Å². The molecule has 2 aromatic carbocycles. The Kier molecular flexibility index (Phi) is 3.86. The lowest BCUT2D eigenvalue weighted by molar-refractivity contribution is 0.107. The monoisotopic (exact) mass is 270 g/mol. The van der Waals surface area contributed by atoms with E-state index in [4.69, 9.17) is 4.74 Å². The second kappa shape index (κ2) is 5.41. The molecule has 0 aliphatic heterocycles. The Labute approximate surface area is 115 Å². The summed E-state index contributed by atoms with van der Waals surface area (Å²) in [6.45, 7) is 4.16. The molecule has 0 aliphatic carbocycles. The number of methoxy groups -OCH3 is 1. The molecule has 0 saturated heterocycles. The first-order chi connectivity index (χ1) is 9.05. The fraction of sp³-hybridized carbons (Fsp3) is 0.188. The number of carbonyl (C=O) groups excluding carboxylic acids is 1. The SMILES string of the molecule is COc1cccc([Si](C)(C)C(=O)c2ccccc2)c1. The second-order valence-corrected chi connectivity index (χ2v) is 9.33. The molecule has 0 fully saturated rings. The molecule has 0 amide bonds. The lowest BCUT2D eigenvalue weighted by Crippen LogP contribution is -2.49. The summed E-state index contributed by atoms with van der Waals surface area (Å²) in [5.41, 5.74) is 0.794. The van der Waals surface area contributed by atoms with Crippen LogP contribution in [-0.4, -0.2) is 20.6 Å². The van der Waals surface area contributed by atoms with Crippen LogP contribution in [0.3, 0.4) is 0 Å². The third-order valence-electron chi connectivity index (χ3n) is 3.40. The maximum Gasteiger partial charge on any atom is 0.163 e. The summed E-state index contributed by atoms with van der Waals surface area (Å²) in [6.07, 6.45) is 0. The highest BCUT2D eigenvalue weighted by atomic mass is 28.3. The summed E-state index contributed by atoms with van der Waals surface area (Å²) >= 11 is 0. The smallest absolute Gasteiger partial charge is 0.163 e. The van der Waals surface area contributed by atoms with E-state index in [2.05, 4.69) is 13.1 Å². The second-order valence-electron chi connectivity index (χ2n) is 5.05. The molecule has 0 bridgehead atoms. The fourth-order valence-electron chi connectivity index (χ4n) is 2.09. The number of carbonyl (C=O) groups is 1. The van der Waals surface area contributed by atoms with E-state index in [9.17, 15) is 4.79 Å². The van der Waals surface area contributed by atoms with Crippen LogP contribution in [0.15, 0.2) is 54.6 Å². The molecule has 19 heavy (non-hydrogen) atoms. The summed E-state index contributed by atoms with van der Waals surface area (Å²) in [5, 5.41) is 1.35. The molecule has 0 aromatic heterocycles. The van der Waals surface area contributed by atoms with Crippen molar-refractivity contribution in [3.63, 3.8) is 0 Å². The highest BCUT2D eigenvalue weighted by Gasteiger charge is 2.33. The zero-order valence-corrected chi connectivity index (χ0v) is 12.5. The zero-order chi connectivity index (χ0) is 13.9. The van der Waals surface area contributed by atoms with E-state index in [1.807, 2.05) is 54.6 Å².